The molecule has 2 aliphatic heterocycles. The Morgan fingerprint density at radius 3 is 2.70 bits per heavy atom. The number of aryl methyl sites for hydroxylation is 1. The molecule has 5 N–H and O–H groups in total. The van der Waals surface area contributed by atoms with Crippen molar-refractivity contribution in [3.05, 3.63) is 36.2 Å². The summed E-state index contributed by atoms with van der Waals surface area (Å²) in [6.45, 7) is 2.68. The zero-order valence-corrected chi connectivity index (χ0v) is 18.6. The molecule has 7 rings (SSSR count). The second-order valence-electron chi connectivity index (χ2n) is 9.03. The average molecular weight is 448 g/mol. The Bertz CT molecular complexity index is 1350. The van der Waals surface area contributed by atoms with E-state index in [0.717, 1.165) is 47.9 Å². The third-order valence-electron chi connectivity index (χ3n) is 6.98. The number of rotatable bonds is 4. The monoisotopic (exact) mass is 447 g/mol. The van der Waals surface area contributed by atoms with Crippen LogP contribution in [0.1, 0.15) is 25.1 Å². The highest BCUT2D eigenvalue weighted by Crippen LogP contribution is 2.42. The average Bonchev–Trinajstić information content (AvgIpc) is 3.18. The third-order valence-corrected chi connectivity index (χ3v) is 6.98. The number of hydrogen-bond donors (Lipinski definition) is 4. The molecule has 2 bridgehead atoms. The molecule has 3 atom stereocenters. The molecule has 5 heterocycles. The number of aromatic nitrogens is 5. The van der Waals surface area contributed by atoms with Crippen molar-refractivity contribution in [2.24, 2.45) is 11.7 Å². The highest BCUT2D eigenvalue weighted by atomic mass is 19.1. The van der Waals surface area contributed by atoms with E-state index in [0.29, 0.717) is 40.8 Å². The zero-order chi connectivity index (χ0) is 22.7. The number of nitrogens with one attached hydrogen (secondary N) is 3. The molecular formula is C23H26FN9. The molecule has 0 amide bonds. The van der Waals surface area contributed by atoms with Gasteiger partial charge in [0.05, 0.1) is 34.7 Å². The van der Waals surface area contributed by atoms with Crippen molar-refractivity contribution < 1.29 is 4.39 Å². The summed E-state index contributed by atoms with van der Waals surface area (Å²) in [5, 5.41) is 7.90. The van der Waals surface area contributed by atoms with E-state index in [4.69, 9.17) is 15.7 Å². The number of anilines is 4. The number of piperidine rings is 2. The molecule has 1 aromatic carbocycles. The normalized spacial score (nSPS) is 22.3. The Hall–Kier alpha value is -3.53. The van der Waals surface area contributed by atoms with Gasteiger partial charge in [-0.05, 0) is 44.2 Å². The molecule has 1 aliphatic carbocycles. The van der Waals surface area contributed by atoms with Crippen molar-refractivity contribution in [3.8, 4) is 0 Å². The first-order chi connectivity index (χ1) is 16.0. The van der Waals surface area contributed by atoms with Gasteiger partial charge in [-0.1, -0.05) is 0 Å². The van der Waals surface area contributed by atoms with Gasteiger partial charge < -0.3 is 26.3 Å². The molecule has 33 heavy (non-hydrogen) atoms. The Kier molecular flexibility index (Phi) is 4.58. The smallest absolute Gasteiger partial charge is 0.231 e. The number of halogens is 1. The van der Waals surface area contributed by atoms with Crippen molar-refractivity contribution in [2.45, 2.75) is 38.3 Å². The van der Waals surface area contributed by atoms with Crippen LogP contribution in [0.5, 0.6) is 0 Å². The fourth-order valence-corrected chi connectivity index (χ4v) is 5.31. The van der Waals surface area contributed by atoms with Gasteiger partial charge in [0.15, 0.2) is 0 Å². The lowest BCUT2D eigenvalue weighted by Gasteiger charge is -2.49. The van der Waals surface area contributed by atoms with Crippen molar-refractivity contribution in [3.63, 3.8) is 0 Å². The van der Waals surface area contributed by atoms with Gasteiger partial charge in [-0.2, -0.15) is 9.97 Å². The molecule has 170 valence electrons. The third kappa shape index (κ3) is 3.32. The van der Waals surface area contributed by atoms with E-state index >= 15 is 0 Å². The van der Waals surface area contributed by atoms with Crippen LogP contribution in [0.25, 0.3) is 21.9 Å². The van der Waals surface area contributed by atoms with Crippen LogP contribution in [0.3, 0.4) is 0 Å². The molecule has 0 radical (unpaired) electrons. The van der Waals surface area contributed by atoms with E-state index < -0.39 is 0 Å². The number of fused-ring (bicyclic) bond motifs is 6. The minimum absolute atomic E-state index is 0.218. The first-order valence-corrected chi connectivity index (χ1v) is 11.3. The molecule has 3 aliphatic rings. The summed E-state index contributed by atoms with van der Waals surface area (Å²) in [5.41, 5.74) is 9.23. The summed E-state index contributed by atoms with van der Waals surface area (Å²) >= 11 is 0. The Labute approximate surface area is 190 Å². The SMILES string of the molecule is CNc1cc(F)cc2c1[nH]c1nc(Nc3cnc(C)nc3)nc(N3CC4CCC3CC4N)c12. The molecule has 1 saturated carbocycles. The number of benzene rings is 1. The van der Waals surface area contributed by atoms with Crippen LogP contribution < -0.4 is 21.3 Å². The van der Waals surface area contributed by atoms with E-state index in [-0.39, 0.29) is 11.9 Å². The largest absolute Gasteiger partial charge is 0.386 e. The van der Waals surface area contributed by atoms with E-state index in [1.807, 2.05) is 6.92 Å². The predicted octanol–water partition coefficient (Wildman–Crippen LogP) is 3.45. The van der Waals surface area contributed by atoms with Crippen molar-refractivity contribution >= 4 is 45.1 Å². The second-order valence-corrected chi connectivity index (χ2v) is 9.03. The second kappa shape index (κ2) is 7.51. The Morgan fingerprint density at radius 1 is 1.18 bits per heavy atom. The number of hydrogen-bond acceptors (Lipinski definition) is 8. The van der Waals surface area contributed by atoms with Gasteiger partial charge in [0.25, 0.3) is 0 Å². The molecular weight excluding hydrogens is 421 g/mol. The van der Waals surface area contributed by atoms with Crippen LogP contribution in [-0.2, 0) is 0 Å². The summed E-state index contributed by atoms with van der Waals surface area (Å²) < 4.78 is 14.5. The minimum atomic E-state index is -0.306. The van der Waals surface area contributed by atoms with E-state index in [1.54, 1.807) is 25.5 Å². The van der Waals surface area contributed by atoms with Crippen LogP contribution in [0.15, 0.2) is 24.5 Å². The van der Waals surface area contributed by atoms with Gasteiger partial charge in [-0.3, -0.25) is 0 Å². The number of H-pyrrole nitrogens is 1. The molecule has 2 saturated heterocycles. The van der Waals surface area contributed by atoms with Crippen molar-refractivity contribution in [2.75, 3.05) is 29.1 Å². The number of aromatic amines is 1. The van der Waals surface area contributed by atoms with E-state index in [2.05, 4.69) is 30.5 Å². The minimum Gasteiger partial charge on any atom is -0.386 e. The fraction of sp³-hybridized carbons (Fsp3) is 0.391. The van der Waals surface area contributed by atoms with Gasteiger partial charge in [0, 0.05) is 31.1 Å². The van der Waals surface area contributed by atoms with E-state index in [1.165, 1.54) is 6.07 Å². The summed E-state index contributed by atoms with van der Waals surface area (Å²) in [5.74, 6) is 2.05. The maximum absolute atomic E-state index is 14.5. The summed E-state index contributed by atoms with van der Waals surface area (Å²) in [4.78, 5) is 23.9. The zero-order valence-electron chi connectivity index (χ0n) is 18.6. The Balaban J connectivity index is 1.55. The first kappa shape index (κ1) is 20.1. The van der Waals surface area contributed by atoms with Crippen LogP contribution in [0.2, 0.25) is 0 Å². The van der Waals surface area contributed by atoms with Crippen LogP contribution in [0, 0.1) is 18.7 Å². The summed E-state index contributed by atoms with van der Waals surface area (Å²) in [6.07, 6.45) is 6.56. The lowest BCUT2D eigenvalue weighted by atomic mass is 9.76. The maximum atomic E-state index is 14.5. The molecule has 3 fully saturated rings. The molecule has 10 heteroatoms. The van der Waals surface area contributed by atoms with Gasteiger partial charge in [-0.25, -0.2) is 14.4 Å². The quantitative estimate of drug-likeness (QED) is 0.375. The van der Waals surface area contributed by atoms with Crippen LogP contribution >= 0.6 is 0 Å². The number of nitrogens with two attached hydrogens (primary N) is 1. The molecule has 9 nitrogen and oxygen atoms in total. The van der Waals surface area contributed by atoms with Crippen LogP contribution in [-0.4, -0.2) is 50.6 Å². The lowest BCUT2D eigenvalue weighted by molar-refractivity contribution is 0.216. The topological polar surface area (TPSA) is 121 Å². The molecule has 3 unspecified atom stereocenters. The lowest BCUT2D eigenvalue weighted by Crippen LogP contribution is -2.57. The number of nitrogens with zero attached hydrogens (tertiary/aromatic N) is 5. The highest BCUT2D eigenvalue weighted by Gasteiger charge is 2.40. The van der Waals surface area contributed by atoms with Gasteiger partial charge in [-0.15, -0.1) is 0 Å². The molecule has 0 spiro atoms. The van der Waals surface area contributed by atoms with Gasteiger partial charge in [0.1, 0.15) is 23.1 Å². The van der Waals surface area contributed by atoms with Crippen molar-refractivity contribution in [1.82, 2.24) is 24.9 Å². The standard InChI is InChI=1S/C23H26FN9/c1-11-27-8-14(9-28-11)29-23-31-21-19(16-5-13(24)6-18(26-2)20(16)30-21)22(32-23)33-10-12-3-4-15(33)7-17(12)25/h5-6,8-9,12,15,17,26H,3-4,7,10,25H2,1-2H3,(H2,29,30,31,32). The predicted molar refractivity (Wildman–Crippen MR) is 127 cm³/mol. The first-order valence-electron chi connectivity index (χ1n) is 11.3. The summed E-state index contributed by atoms with van der Waals surface area (Å²) in [7, 11) is 1.78. The van der Waals surface area contributed by atoms with Gasteiger partial charge in [0.2, 0.25) is 5.95 Å². The van der Waals surface area contributed by atoms with E-state index in [9.17, 15) is 4.39 Å². The summed E-state index contributed by atoms with van der Waals surface area (Å²) in [6, 6.07) is 3.56. The maximum Gasteiger partial charge on any atom is 0.231 e. The Morgan fingerprint density at radius 2 is 2.00 bits per heavy atom. The van der Waals surface area contributed by atoms with Gasteiger partial charge >= 0.3 is 0 Å². The fourth-order valence-electron chi connectivity index (χ4n) is 5.31. The van der Waals surface area contributed by atoms with Crippen LogP contribution in [0.4, 0.5) is 27.5 Å². The van der Waals surface area contributed by atoms with Crippen molar-refractivity contribution in [1.29, 1.82) is 0 Å². The molecule has 3 aromatic heterocycles. The highest BCUT2D eigenvalue weighted by molar-refractivity contribution is 6.14. The molecule has 4 aromatic rings.